The van der Waals surface area contributed by atoms with Crippen LogP contribution < -0.4 is 5.32 Å². The van der Waals surface area contributed by atoms with E-state index in [-0.39, 0.29) is 11.8 Å². The molecule has 126 valence electrons. The highest BCUT2D eigenvalue weighted by molar-refractivity contribution is 6.31. The minimum absolute atomic E-state index is 0.212. The van der Waals surface area contributed by atoms with Gasteiger partial charge in [0.15, 0.2) is 0 Å². The summed E-state index contributed by atoms with van der Waals surface area (Å²) in [6, 6.07) is 4.33. The van der Waals surface area contributed by atoms with E-state index in [0.29, 0.717) is 21.5 Å². The molecule has 1 aliphatic rings. The molecule has 24 heavy (non-hydrogen) atoms. The molecule has 0 aliphatic heterocycles. The second-order valence-electron chi connectivity index (χ2n) is 6.46. The number of halogens is 1. The Balaban J connectivity index is 2.12. The lowest BCUT2D eigenvalue weighted by Gasteiger charge is -2.20. The van der Waals surface area contributed by atoms with Gasteiger partial charge in [0.05, 0.1) is 11.1 Å². The van der Waals surface area contributed by atoms with Crippen molar-refractivity contribution < 1.29 is 14.7 Å². The zero-order valence-electron chi connectivity index (χ0n) is 13.6. The Morgan fingerprint density at radius 1 is 1.29 bits per heavy atom. The number of amides is 1. The van der Waals surface area contributed by atoms with Crippen molar-refractivity contribution in [2.24, 2.45) is 5.92 Å². The fourth-order valence-corrected chi connectivity index (χ4v) is 3.39. The average molecular weight is 347 g/mol. The Morgan fingerprint density at radius 2 is 2.04 bits per heavy atom. The second-order valence-corrected chi connectivity index (χ2v) is 6.90. The summed E-state index contributed by atoms with van der Waals surface area (Å²) in [4.78, 5) is 28.9. The summed E-state index contributed by atoms with van der Waals surface area (Å²) in [5, 5.41) is 13.2. The SMILES string of the molecule is CC(C)C(NC(=O)c1c2c(nc3ccc(Cl)cc13)CCC2)C(=O)O. The van der Waals surface area contributed by atoms with E-state index in [2.05, 4.69) is 10.3 Å². The molecule has 1 aromatic carbocycles. The number of benzene rings is 1. The van der Waals surface area contributed by atoms with Gasteiger partial charge in [0.1, 0.15) is 6.04 Å². The topological polar surface area (TPSA) is 79.3 Å². The van der Waals surface area contributed by atoms with Gasteiger partial charge in [-0.3, -0.25) is 9.78 Å². The van der Waals surface area contributed by atoms with E-state index in [1.54, 1.807) is 32.0 Å². The summed E-state index contributed by atoms with van der Waals surface area (Å²) < 4.78 is 0. The van der Waals surface area contributed by atoms with E-state index in [1.807, 2.05) is 0 Å². The Morgan fingerprint density at radius 3 is 2.71 bits per heavy atom. The van der Waals surface area contributed by atoms with Crippen molar-refractivity contribution >= 4 is 34.4 Å². The number of hydrogen-bond acceptors (Lipinski definition) is 3. The van der Waals surface area contributed by atoms with Crippen LogP contribution in [0.3, 0.4) is 0 Å². The van der Waals surface area contributed by atoms with Crippen LogP contribution in [0, 0.1) is 5.92 Å². The largest absolute Gasteiger partial charge is 0.480 e. The molecule has 0 fully saturated rings. The van der Waals surface area contributed by atoms with Crippen molar-refractivity contribution in [1.29, 1.82) is 0 Å². The molecule has 0 saturated heterocycles. The first-order chi connectivity index (χ1) is 11.4. The van der Waals surface area contributed by atoms with E-state index in [4.69, 9.17) is 11.6 Å². The van der Waals surface area contributed by atoms with Crippen molar-refractivity contribution in [3.63, 3.8) is 0 Å². The van der Waals surface area contributed by atoms with E-state index in [1.165, 1.54) is 0 Å². The molecule has 1 aliphatic carbocycles. The smallest absolute Gasteiger partial charge is 0.326 e. The predicted octanol–water partition coefficient (Wildman–Crippen LogP) is 3.22. The maximum Gasteiger partial charge on any atom is 0.326 e. The van der Waals surface area contributed by atoms with Crippen LogP contribution in [0.1, 0.15) is 41.9 Å². The Labute approximate surface area is 145 Å². The number of carboxylic acid groups (broad SMARTS) is 1. The molecule has 6 heteroatoms. The zero-order valence-corrected chi connectivity index (χ0v) is 14.4. The Hall–Kier alpha value is -2.14. The number of aryl methyl sites for hydroxylation is 1. The van der Waals surface area contributed by atoms with Crippen molar-refractivity contribution in [1.82, 2.24) is 10.3 Å². The van der Waals surface area contributed by atoms with E-state index in [0.717, 1.165) is 30.5 Å². The highest BCUT2D eigenvalue weighted by atomic mass is 35.5. The summed E-state index contributed by atoms with van der Waals surface area (Å²) in [5.74, 6) is -1.62. The van der Waals surface area contributed by atoms with Crippen LogP contribution in [0.5, 0.6) is 0 Å². The first kappa shape index (κ1) is 16.7. The number of carbonyl (C=O) groups is 2. The molecule has 0 bridgehead atoms. The standard InChI is InChI=1S/C18H19ClN2O3/c1-9(2)16(18(23)24)21-17(22)15-11-4-3-5-13(11)20-14-7-6-10(19)8-12(14)15/h6-9,16H,3-5H2,1-2H3,(H,21,22)(H,23,24). The van der Waals surface area contributed by atoms with Crippen LogP contribution in [-0.2, 0) is 17.6 Å². The summed E-state index contributed by atoms with van der Waals surface area (Å²) in [6.07, 6.45) is 2.55. The fourth-order valence-electron chi connectivity index (χ4n) is 3.22. The number of carboxylic acids is 1. The number of nitrogens with one attached hydrogen (secondary N) is 1. The quantitative estimate of drug-likeness (QED) is 0.890. The third-order valence-electron chi connectivity index (χ3n) is 4.42. The molecule has 1 amide bonds. The third-order valence-corrected chi connectivity index (χ3v) is 4.66. The molecule has 3 rings (SSSR count). The van der Waals surface area contributed by atoms with Crippen molar-refractivity contribution in [2.45, 2.75) is 39.2 Å². The van der Waals surface area contributed by atoms with Gasteiger partial charge in [-0.2, -0.15) is 0 Å². The highest BCUT2D eigenvalue weighted by Crippen LogP contribution is 2.31. The number of hydrogen-bond donors (Lipinski definition) is 2. The monoisotopic (exact) mass is 346 g/mol. The molecule has 1 unspecified atom stereocenters. The van der Waals surface area contributed by atoms with Crippen molar-refractivity contribution in [3.8, 4) is 0 Å². The minimum Gasteiger partial charge on any atom is -0.480 e. The van der Waals surface area contributed by atoms with E-state index < -0.39 is 12.0 Å². The molecule has 1 heterocycles. The van der Waals surface area contributed by atoms with Crippen LogP contribution in [0.25, 0.3) is 10.9 Å². The number of nitrogens with zero attached hydrogens (tertiary/aromatic N) is 1. The van der Waals surface area contributed by atoms with Crippen molar-refractivity contribution in [3.05, 3.63) is 40.0 Å². The van der Waals surface area contributed by atoms with Gasteiger partial charge < -0.3 is 10.4 Å². The number of aliphatic carboxylic acids is 1. The lowest BCUT2D eigenvalue weighted by molar-refractivity contribution is -0.140. The number of carbonyl (C=O) groups excluding carboxylic acids is 1. The van der Waals surface area contributed by atoms with Crippen LogP contribution >= 0.6 is 11.6 Å². The van der Waals surface area contributed by atoms with Gasteiger partial charge in [-0.25, -0.2) is 4.79 Å². The summed E-state index contributed by atoms with van der Waals surface area (Å²) in [7, 11) is 0. The van der Waals surface area contributed by atoms with Gasteiger partial charge >= 0.3 is 5.97 Å². The van der Waals surface area contributed by atoms with Gasteiger partial charge in [-0.15, -0.1) is 0 Å². The van der Waals surface area contributed by atoms with Gasteiger partial charge in [-0.1, -0.05) is 25.4 Å². The molecule has 2 aromatic rings. The summed E-state index contributed by atoms with van der Waals surface area (Å²) >= 11 is 6.10. The van der Waals surface area contributed by atoms with Crippen LogP contribution in [0.4, 0.5) is 0 Å². The maximum atomic E-state index is 12.9. The van der Waals surface area contributed by atoms with Gasteiger partial charge in [0.2, 0.25) is 0 Å². The summed E-state index contributed by atoms with van der Waals surface area (Å²) in [5.41, 5.74) is 3.06. The molecular formula is C18H19ClN2O3. The molecule has 1 aromatic heterocycles. The first-order valence-corrected chi connectivity index (χ1v) is 8.41. The van der Waals surface area contributed by atoms with Crippen LogP contribution in [0.15, 0.2) is 18.2 Å². The minimum atomic E-state index is -1.04. The normalized spacial score (nSPS) is 14.7. The second kappa shape index (κ2) is 6.40. The molecule has 2 N–H and O–H groups in total. The Kier molecular flexibility index (Phi) is 4.45. The van der Waals surface area contributed by atoms with E-state index >= 15 is 0 Å². The molecule has 0 saturated carbocycles. The number of pyridine rings is 1. The fraction of sp³-hybridized carbons (Fsp3) is 0.389. The number of fused-ring (bicyclic) bond motifs is 2. The molecule has 5 nitrogen and oxygen atoms in total. The summed E-state index contributed by atoms with van der Waals surface area (Å²) in [6.45, 7) is 3.54. The molecule has 1 atom stereocenters. The van der Waals surface area contributed by atoms with Crippen LogP contribution in [-0.4, -0.2) is 28.0 Å². The third kappa shape index (κ3) is 2.96. The van der Waals surface area contributed by atoms with Gasteiger partial charge in [0, 0.05) is 16.1 Å². The zero-order chi connectivity index (χ0) is 17.4. The highest BCUT2D eigenvalue weighted by Gasteiger charge is 2.28. The average Bonchev–Trinajstić information content (AvgIpc) is 2.97. The molecular weight excluding hydrogens is 328 g/mol. The number of aromatic nitrogens is 1. The predicted molar refractivity (Wildman–Crippen MR) is 92.5 cm³/mol. The van der Waals surface area contributed by atoms with E-state index in [9.17, 15) is 14.7 Å². The van der Waals surface area contributed by atoms with Gasteiger partial charge in [0.25, 0.3) is 5.91 Å². The molecule has 0 spiro atoms. The van der Waals surface area contributed by atoms with Gasteiger partial charge in [-0.05, 0) is 48.9 Å². The molecule has 0 radical (unpaired) electrons. The van der Waals surface area contributed by atoms with Crippen molar-refractivity contribution in [2.75, 3.05) is 0 Å². The Bertz CT molecular complexity index is 833. The lowest BCUT2D eigenvalue weighted by Crippen LogP contribution is -2.44. The maximum absolute atomic E-state index is 12.9. The van der Waals surface area contributed by atoms with Crippen LogP contribution in [0.2, 0.25) is 5.02 Å². The first-order valence-electron chi connectivity index (χ1n) is 8.03. The number of rotatable bonds is 4. The lowest BCUT2D eigenvalue weighted by atomic mass is 9.98.